The minimum Gasteiger partial charge on any atom is -0.387 e. The fourth-order valence-corrected chi connectivity index (χ4v) is 8.27. The van der Waals surface area contributed by atoms with Gasteiger partial charge in [0.2, 0.25) is 5.91 Å². The van der Waals surface area contributed by atoms with E-state index in [1.807, 2.05) is 27.2 Å². The van der Waals surface area contributed by atoms with Gasteiger partial charge in [-0.05, 0) is 70.6 Å². The van der Waals surface area contributed by atoms with Gasteiger partial charge in [0, 0.05) is 6.42 Å². The lowest BCUT2D eigenvalue weighted by molar-refractivity contribution is -0.870. The van der Waals surface area contributed by atoms with Gasteiger partial charge in [-0.1, -0.05) is 210 Å². The van der Waals surface area contributed by atoms with Crippen LogP contribution in [-0.4, -0.2) is 73.4 Å². The first-order chi connectivity index (χ1) is 30.5. The third-order valence-corrected chi connectivity index (χ3v) is 12.7. The predicted octanol–water partition coefficient (Wildman–Crippen LogP) is 15.6. The molecule has 0 saturated carbocycles. The summed E-state index contributed by atoms with van der Waals surface area (Å²) < 4.78 is 23.6. The normalized spacial score (nSPS) is 14.5. The van der Waals surface area contributed by atoms with E-state index in [9.17, 15) is 19.4 Å². The number of carbonyl (C=O) groups is 1. The molecule has 0 fully saturated rings. The van der Waals surface area contributed by atoms with E-state index in [0.717, 1.165) is 44.9 Å². The lowest BCUT2D eigenvalue weighted by atomic mass is 10.0. The van der Waals surface area contributed by atoms with Crippen LogP contribution in [0, 0.1) is 0 Å². The molecule has 0 saturated heterocycles. The lowest BCUT2D eigenvalue weighted by Crippen LogP contribution is -2.45. The molecule has 3 N–H and O–H groups in total. The SMILES string of the molecule is CCCCCC/C=C/CC/C=C/CC/C=C/C(O)C(COP(=O)(O)OCC[N+](C)(C)C)NC(=O)CCCCCCCCCCCCC/C=C\CCCCCCCCCCCCCC. The lowest BCUT2D eigenvalue weighted by Gasteiger charge is -2.25. The number of hydrogen-bond donors (Lipinski definition) is 3. The van der Waals surface area contributed by atoms with E-state index in [1.54, 1.807) is 6.08 Å². The Labute approximate surface area is 390 Å². The van der Waals surface area contributed by atoms with Crippen LogP contribution >= 0.6 is 7.82 Å². The Kier molecular flexibility index (Phi) is 44.5. The number of nitrogens with one attached hydrogen (secondary N) is 1. The predicted molar refractivity (Wildman–Crippen MR) is 272 cm³/mol. The fourth-order valence-electron chi connectivity index (χ4n) is 7.54. The molecule has 8 nitrogen and oxygen atoms in total. The molecule has 370 valence electrons. The Morgan fingerprint density at radius 1 is 0.524 bits per heavy atom. The third-order valence-electron chi connectivity index (χ3n) is 11.7. The molecule has 0 aliphatic rings. The topological polar surface area (TPSA) is 105 Å². The third kappa shape index (κ3) is 48.2. The van der Waals surface area contributed by atoms with Gasteiger partial charge in [0.25, 0.3) is 0 Å². The number of phosphoric acid groups is 1. The summed E-state index contributed by atoms with van der Waals surface area (Å²) in [5, 5.41) is 13.8. The summed E-state index contributed by atoms with van der Waals surface area (Å²) in [5.74, 6) is -0.192. The molecule has 1 amide bonds. The van der Waals surface area contributed by atoms with Crippen molar-refractivity contribution in [3.05, 3.63) is 48.6 Å². The zero-order chi connectivity index (χ0) is 46.4. The van der Waals surface area contributed by atoms with Crippen LogP contribution in [0.2, 0.25) is 0 Å². The number of phosphoric ester groups is 1. The van der Waals surface area contributed by atoms with E-state index in [-0.39, 0.29) is 19.1 Å². The number of allylic oxidation sites excluding steroid dienone is 7. The second-order valence-electron chi connectivity index (χ2n) is 19.2. The maximum Gasteiger partial charge on any atom is 0.472 e. The molecular formula is C54H104N2O6P+. The number of nitrogens with zero attached hydrogens (tertiary/aromatic N) is 1. The number of aliphatic hydroxyl groups is 1. The van der Waals surface area contributed by atoms with Crippen LogP contribution < -0.4 is 5.32 Å². The highest BCUT2D eigenvalue weighted by Crippen LogP contribution is 2.43. The van der Waals surface area contributed by atoms with Gasteiger partial charge in [0.05, 0.1) is 39.9 Å². The first-order valence-electron chi connectivity index (χ1n) is 26.5. The minimum absolute atomic E-state index is 0.0528. The fraction of sp³-hybridized carbons (Fsp3) is 0.833. The molecule has 0 aromatic rings. The number of quaternary nitrogens is 1. The van der Waals surface area contributed by atoms with Gasteiger partial charge < -0.3 is 19.8 Å². The van der Waals surface area contributed by atoms with Gasteiger partial charge in [0.15, 0.2) is 0 Å². The average molecular weight is 908 g/mol. The average Bonchev–Trinajstić information content (AvgIpc) is 3.24. The van der Waals surface area contributed by atoms with Crippen molar-refractivity contribution in [1.29, 1.82) is 0 Å². The smallest absolute Gasteiger partial charge is 0.387 e. The van der Waals surface area contributed by atoms with E-state index in [4.69, 9.17) is 9.05 Å². The Morgan fingerprint density at radius 3 is 1.29 bits per heavy atom. The van der Waals surface area contributed by atoms with Crippen LogP contribution in [0.5, 0.6) is 0 Å². The first kappa shape index (κ1) is 61.5. The minimum atomic E-state index is -4.35. The largest absolute Gasteiger partial charge is 0.472 e. The van der Waals surface area contributed by atoms with Gasteiger partial charge in [-0.25, -0.2) is 4.57 Å². The van der Waals surface area contributed by atoms with Crippen molar-refractivity contribution < 1.29 is 32.9 Å². The van der Waals surface area contributed by atoms with Crippen LogP contribution in [-0.2, 0) is 18.4 Å². The van der Waals surface area contributed by atoms with Crippen molar-refractivity contribution in [3.63, 3.8) is 0 Å². The van der Waals surface area contributed by atoms with Gasteiger partial charge in [0.1, 0.15) is 13.2 Å². The molecule has 0 bridgehead atoms. The molecule has 0 radical (unpaired) electrons. The van der Waals surface area contributed by atoms with Gasteiger partial charge >= 0.3 is 7.82 Å². The van der Waals surface area contributed by atoms with Gasteiger partial charge in [-0.15, -0.1) is 0 Å². The quantitative estimate of drug-likeness (QED) is 0.0243. The highest BCUT2D eigenvalue weighted by atomic mass is 31.2. The molecule has 63 heavy (non-hydrogen) atoms. The number of likely N-dealkylation sites (N-methyl/N-ethyl adjacent to an activating group) is 1. The standard InChI is InChI=1S/C54H103N2O6P/c1-6-8-10-12-14-16-18-20-22-23-24-25-26-27-28-29-30-31-32-33-34-36-38-40-42-44-46-48-54(58)55-52(51-62-63(59,60)61-50-49-56(3,4)5)53(57)47-45-43-41-39-37-35-21-19-17-15-13-11-9-7-2/h17,19,27-28,37,39,45,47,52-53,57H,6-16,18,20-26,29-36,38,40-44,46,48-51H2,1-5H3,(H-,55,58,59,60)/p+1/b19-17+,28-27-,39-37+,47-45+. The van der Waals surface area contributed by atoms with Crippen LogP contribution in [0.15, 0.2) is 48.6 Å². The summed E-state index contributed by atoms with van der Waals surface area (Å²) in [7, 11) is 1.55. The second-order valence-corrected chi connectivity index (χ2v) is 20.7. The van der Waals surface area contributed by atoms with Crippen molar-refractivity contribution in [3.8, 4) is 0 Å². The summed E-state index contributed by atoms with van der Waals surface area (Å²) >= 11 is 0. The molecule has 9 heteroatoms. The van der Waals surface area contributed by atoms with E-state index in [0.29, 0.717) is 17.4 Å². The summed E-state index contributed by atoms with van der Waals surface area (Å²) in [4.78, 5) is 23.2. The second kappa shape index (κ2) is 45.6. The van der Waals surface area contributed by atoms with E-state index < -0.39 is 20.0 Å². The summed E-state index contributed by atoms with van der Waals surface area (Å²) in [6.45, 7) is 4.77. The van der Waals surface area contributed by atoms with Crippen LogP contribution in [0.4, 0.5) is 0 Å². The number of amides is 1. The molecule has 0 heterocycles. The maximum atomic E-state index is 12.9. The molecule has 3 atom stereocenters. The molecular weight excluding hydrogens is 804 g/mol. The maximum absolute atomic E-state index is 12.9. The van der Waals surface area contributed by atoms with E-state index >= 15 is 0 Å². The van der Waals surface area contributed by atoms with Crippen molar-refractivity contribution in [1.82, 2.24) is 5.32 Å². The summed E-state index contributed by atoms with van der Waals surface area (Å²) in [5.41, 5.74) is 0. The monoisotopic (exact) mass is 908 g/mol. The zero-order valence-corrected chi connectivity index (χ0v) is 43.0. The number of carbonyl (C=O) groups excluding carboxylic acids is 1. The molecule has 0 aliphatic heterocycles. The molecule has 3 unspecified atom stereocenters. The molecule has 0 rings (SSSR count). The van der Waals surface area contributed by atoms with Crippen molar-refractivity contribution in [2.45, 2.75) is 251 Å². The number of hydrogen-bond acceptors (Lipinski definition) is 5. The highest BCUT2D eigenvalue weighted by molar-refractivity contribution is 7.47. The van der Waals surface area contributed by atoms with E-state index in [2.05, 4.69) is 55.6 Å². The number of aliphatic hydroxyl groups excluding tert-OH is 1. The Balaban J connectivity index is 4.20. The van der Waals surface area contributed by atoms with Crippen molar-refractivity contribution in [2.75, 3.05) is 40.9 Å². The van der Waals surface area contributed by atoms with Gasteiger partial charge in [-0.2, -0.15) is 0 Å². The van der Waals surface area contributed by atoms with Crippen LogP contribution in [0.1, 0.15) is 239 Å². The first-order valence-corrected chi connectivity index (χ1v) is 28.0. The molecule has 0 spiro atoms. The van der Waals surface area contributed by atoms with Crippen molar-refractivity contribution >= 4 is 13.7 Å². The Morgan fingerprint density at radius 2 is 0.873 bits per heavy atom. The Hall–Kier alpha value is -1.54. The molecule has 0 aliphatic carbocycles. The highest BCUT2D eigenvalue weighted by Gasteiger charge is 2.27. The summed E-state index contributed by atoms with van der Waals surface area (Å²) in [6, 6.07) is -0.870. The van der Waals surface area contributed by atoms with Crippen molar-refractivity contribution in [2.24, 2.45) is 0 Å². The van der Waals surface area contributed by atoms with Crippen LogP contribution in [0.3, 0.4) is 0 Å². The molecule has 0 aromatic heterocycles. The van der Waals surface area contributed by atoms with Gasteiger partial charge in [-0.3, -0.25) is 13.8 Å². The number of unbranched alkanes of at least 4 members (excludes halogenated alkanes) is 29. The van der Waals surface area contributed by atoms with E-state index in [1.165, 1.54) is 173 Å². The van der Waals surface area contributed by atoms with Crippen LogP contribution in [0.25, 0.3) is 0 Å². The zero-order valence-electron chi connectivity index (χ0n) is 42.1. The summed E-state index contributed by atoms with van der Waals surface area (Å²) in [6.07, 6.45) is 59.2. The number of rotatable bonds is 48. The Bertz CT molecular complexity index is 1170. The molecule has 0 aromatic carbocycles.